The predicted octanol–water partition coefficient (Wildman–Crippen LogP) is 2.72. The molecule has 0 bridgehead atoms. The summed E-state index contributed by atoms with van der Waals surface area (Å²) in [6.45, 7) is 4.25. The van der Waals surface area contributed by atoms with Crippen LogP contribution in [-0.2, 0) is 0 Å². The Morgan fingerprint density at radius 2 is 2.21 bits per heavy atom. The molecule has 0 spiro atoms. The van der Waals surface area contributed by atoms with Gasteiger partial charge in [-0.2, -0.15) is 0 Å². The van der Waals surface area contributed by atoms with Gasteiger partial charge >= 0.3 is 0 Å². The molecule has 0 aliphatic carbocycles. The van der Waals surface area contributed by atoms with Crippen LogP contribution in [0.5, 0.6) is 5.75 Å². The van der Waals surface area contributed by atoms with Gasteiger partial charge in [-0.1, -0.05) is 19.9 Å². The lowest BCUT2D eigenvalue weighted by atomic mass is 9.87. The van der Waals surface area contributed by atoms with Gasteiger partial charge < -0.3 is 10.5 Å². The zero-order chi connectivity index (χ0) is 14.5. The summed E-state index contributed by atoms with van der Waals surface area (Å²) < 4.78 is 5.46. The van der Waals surface area contributed by atoms with Crippen LogP contribution in [-0.4, -0.2) is 17.4 Å². The van der Waals surface area contributed by atoms with Crippen molar-refractivity contribution < 1.29 is 9.66 Å². The summed E-state index contributed by atoms with van der Waals surface area (Å²) in [5.41, 5.74) is 5.16. The van der Waals surface area contributed by atoms with E-state index in [-0.39, 0.29) is 16.9 Å². The molecule has 6 nitrogen and oxygen atoms in total. The maximum Gasteiger partial charge on any atom is 0.273 e. The smallest absolute Gasteiger partial charge is 0.273 e. The fourth-order valence-electron chi connectivity index (χ4n) is 1.53. The van der Waals surface area contributed by atoms with Crippen molar-refractivity contribution >= 4 is 11.5 Å². The minimum absolute atomic E-state index is 0.0153. The molecule has 3 N–H and O–H groups in total. The van der Waals surface area contributed by atoms with Gasteiger partial charge in [-0.3, -0.25) is 15.5 Å². The first-order valence-electron chi connectivity index (χ1n) is 6.05. The molecule has 104 valence electrons. The van der Waals surface area contributed by atoms with E-state index < -0.39 is 4.92 Å². The van der Waals surface area contributed by atoms with Crippen molar-refractivity contribution in [1.29, 1.82) is 5.41 Å². The van der Waals surface area contributed by atoms with Gasteiger partial charge in [0.05, 0.1) is 23.4 Å². The van der Waals surface area contributed by atoms with Gasteiger partial charge in [-0.15, -0.1) is 0 Å². The Morgan fingerprint density at radius 3 is 2.79 bits per heavy atom. The standard InChI is InChI=1S/C13H19N3O3/c1-13(2,12(14)15)7-4-8-19-11-6-3-5-10(9-11)16(17)18/h3,5-6,9H,4,7-8H2,1-2H3,(H3,14,15). The SMILES string of the molecule is CC(C)(CCCOc1cccc([N+](=O)[O-])c1)C(=N)N. The van der Waals surface area contributed by atoms with E-state index in [1.165, 1.54) is 12.1 Å². The number of ether oxygens (including phenoxy) is 1. The second kappa shape index (κ2) is 6.17. The number of nitrogens with zero attached hydrogens (tertiary/aromatic N) is 1. The Bertz CT molecular complexity index is 472. The molecule has 0 aliphatic heterocycles. The molecule has 0 amide bonds. The molecular weight excluding hydrogens is 246 g/mol. The van der Waals surface area contributed by atoms with Crippen molar-refractivity contribution in [2.45, 2.75) is 26.7 Å². The molecule has 0 unspecified atom stereocenters. The Kier molecular flexibility index (Phi) is 4.86. The minimum atomic E-state index is -0.453. The van der Waals surface area contributed by atoms with E-state index >= 15 is 0 Å². The summed E-state index contributed by atoms with van der Waals surface area (Å²) in [6.07, 6.45) is 1.46. The summed E-state index contributed by atoms with van der Waals surface area (Å²) in [5.74, 6) is 0.637. The van der Waals surface area contributed by atoms with Crippen LogP contribution < -0.4 is 10.5 Å². The van der Waals surface area contributed by atoms with Crippen molar-refractivity contribution in [2.24, 2.45) is 11.1 Å². The maximum atomic E-state index is 10.6. The highest BCUT2D eigenvalue weighted by Gasteiger charge is 2.20. The van der Waals surface area contributed by atoms with Crippen LogP contribution in [0.15, 0.2) is 24.3 Å². The number of rotatable bonds is 7. The van der Waals surface area contributed by atoms with Crippen LogP contribution in [0.1, 0.15) is 26.7 Å². The maximum absolute atomic E-state index is 10.6. The van der Waals surface area contributed by atoms with Crippen molar-refractivity contribution in [2.75, 3.05) is 6.61 Å². The van der Waals surface area contributed by atoms with Gasteiger partial charge in [0.1, 0.15) is 5.75 Å². The topological polar surface area (TPSA) is 102 Å². The number of nitrogens with one attached hydrogen (secondary N) is 1. The molecule has 0 aliphatic rings. The molecule has 1 aromatic carbocycles. The first-order valence-corrected chi connectivity index (χ1v) is 6.05. The highest BCUT2D eigenvalue weighted by Crippen LogP contribution is 2.23. The Morgan fingerprint density at radius 1 is 1.53 bits per heavy atom. The minimum Gasteiger partial charge on any atom is -0.493 e. The summed E-state index contributed by atoms with van der Waals surface area (Å²) in [7, 11) is 0. The van der Waals surface area contributed by atoms with Gasteiger partial charge in [-0.25, -0.2) is 0 Å². The van der Waals surface area contributed by atoms with E-state index in [9.17, 15) is 10.1 Å². The molecule has 0 atom stereocenters. The third-order valence-corrected chi connectivity index (χ3v) is 2.97. The highest BCUT2D eigenvalue weighted by atomic mass is 16.6. The molecule has 0 heterocycles. The van der Waals surface area contributed by atoms with Crippen molar-refractivity contribution in [3.8, 4) is 5.75 Å². The lowest BCUT2D eigenvalue weighted by Gasteiger charge is -2.22. The Labute approximate surface area is 112 Å². The van der Waals surface area contributed by atoms with E-state index in [2.05, 4.69) is 0 Å². The zero-order valence-corrected chi connectivity index (χ0v) is 11.2. The average molecular weight is 265 g/mol. The summed E-state index contributed by atoms with van der Waals surface area (Å²) in [5, 5.41) is 18.0. The molecule has 0 radical (unpaired) electrons. The molecule has 6 heteroatoms. The number of nitrogens with two attached hydrogens (primary N) is 1. The third kappa shape index (κ3) is 4.57. The fraction of sp³-hybridized carbons (Fsp3) is 0.462. The second-order valence-corrected chi connectivity index (χ2v) is 5.00. The van der Waals surface area contributed by atoms with E-state index in [0.717, 1.165) is 12.8 Å². The lowest BCUT2D eigenvalue weighted by Crippen LogP contribution is -2.31. The molecule has 0 aromatic heterocycles. The van der Waals surface area contributed by atoms with E-state index in [4.69, 9.17) is 15.9 Å². The van der Waals surface area contributed by atoms with Gasteiger partial charge in [-0.05, 0) is 18.9 Å². The molecule has 1 aromatic rings. The second-order valence-electron chi connectivity index (χ2n) is 5.00. The van der Waals surface area contributed by atoms with Crippen LogP contribution in [0.25, 0.3) is 0 Å². The van der Waals surface area contributed by atoms with Crippen LogP contribution >= 0.6 is 0 Å². The normalized spacial score (nSPS) is 11.1. The van der Waals surface area contributed by atoms with E-state index in [1.807, 2.05) is 13.8 Å². The number of amidine groups is 1. The largest absolute Gasteiger partial charge is 0.493 e. The van der Waals surface area contributed by atoms with Crippen LogP contribution in [0.3, 0.4) is 0 Å². The number of benzene rings is 1. The highest BCUT2D eigenvalue weighted by molar-refractivity contribution is 5.82. The van der Waals surface area contributed by atoms with E-state index in [0.29, 0.717) is 12.4 Å². The third-order valence-electron chi connectivity index (χ3n) is 2.97. The molecule has 19 heavy (non-hydrogen) atoms. The van der Waals surface area contributed by atoms with Crippen molar-refractivity contribution in [3.05, 3.63) is 34.4 Å². The molecule has 0 fully saturated rings. The van der Waals surface area contributed by atoms with Crippen molar-refractivity contribution in [1.82, 2.24) is 0 Å². The molecule has 1 rings (SSSR count). The number of hydrogen-bond acceptors (Lipinski definition) is 4. The average Bonchev–Trinajstić information content (AvgIpc) is 2.35. The number of hydrogen-bond donors (Lipinski definition) is 2. The van der Waals surface area contributed by atoms with Gasteiger partial charge in [0, 0.05) is 11.5 Å². The number of nitro groups is 1. The number of nitro benzene ring substituents is 1. The van der Waals surface area contributed by atoms with Crippen LogP contribution in [0, 0.1) is 20.9 Å². The van der Waals surface area contributed by atoms with Crippen LogP contribution in [0.2, 0.25) is 0 Å². The first kappa shape index (κ1) is 14.9. The predicted molar refractivity (Wildman–Crippen MR) is 73.5 cm³/mol. The quantitative estimate of drug-likeness (QED) is 0.260. The Balaban J connectivity index is 2.44. The summed E-state index contributed by atoms with van der Waals surface area (Å²) in [4.78, 5) is 10.1. The molecular formula is C13H19N3O3. The molecule has 0 saturated heterocycles. The lowest BCUT2D eigenvalue weighted by molar-refractivity contribution is -0.384. The van der Waals surface area contributed by atoms with Gasteiger partial charge in [0.25, 0.3) is 5.69 Å². The summed E-state index contributed by atoms with van der Waals surface area (Å²) >= 11 is 0. The number of non-ortho nitro benzene ring substituents is 1. The first-order chi connectivity index (χ1) is 8.83. The fourth-order valence-corrected chi connectivity index (χ4v) is 1.53. The monoisotopic (exact) mass is 265 g/mol. The van der Waals surface area contributed by atoms with E-state index in [1.54, 1.807) is 12.1 Å². The van der Waals surface area contributed by atoms with Crippen molar-refractivity contribution in [3.63, 3.8) is 0 Å². The summed E-state index contributed by atoms with van der Waals surface area (Å²) in [6, 6.07) is 6.10. The van der Waals surface area contributed by atoms with Gasteiger partial charge in [0.2, 0.25) is 0 Å². The van der Waals surface area contributed by atoms with Gasteiger partial charge in [0.15, 0.2) is 0 Å². The van der Waals surface area contributed by atoms with Crippen LogP contribution in [0.4, 0.5) is 5.69 Å². The zero-order valence-electron chi connectivity index (χ0n) is 11.2. The molecule has 0 saturated carbocycles. The Hall–Kier alpha value is -2.11.